The van der Waals surface area contributed by atoms with Gasteiger partial charge in [-0.3, -0.25) is 4.79 Å². The van der Waals surface area contributed by atoms with Crippen molar-refractivity contribution in [2.75, 3.05) is 53.0 Å². The third-order valence-electron chi connectivity index (χ3n) is 4.10. The Morgan fingerprint density at radius 2 is 1.79 bits per heavy atom. The fraction of sp³-hybridized carbons (Fsp3) is 0.562. The number of rotatable bonds is 7. The molecule has 0 aromatic heterocycles. The Kier molecular flexibility index (Phi) is 6.73. The van der Waals surface area contributed by atoms with E-state index in [-0.39, 0.29) is 5.91 Å². The van der Waals surface area contributed by atoms with Crippen LogP contribution in [0.3, 0.4) is 0 Å². The van der Waals surface area contributed by atoms with Crippen LogP contribution in [0.5, 0.6) is 0 Å². The van der Waals surface area contributed by atoms with Crippen molar-refractivity contribution >= 4 is 15.9 Å². The lowest BCUT2D eigenvalue weighted by molar-refractivity contribution is -0.646. The van der Waals surface area contributed by atoms with E-state index in [9.17, 15) is 13.2 Å². The van der Waals surface area contributed by atoms with E-state index < -0.39 is 10.0 Å². The number of carbonyl (C=O) groups excluding carboxylic acids is 1. The molecule has 1 saturated heterocycles. The largest absolute Gasteiger partial charge is 0.379 e. The van der Waals surface area contributed by atoms with Crippen molar-refractivity contribution in [2.45, 2.75) is 11.8 Å². The van der Waals surface area contributed by atoms with Crippen LogP contribution in [0, 0.1) is 6.92 Å². The Labute approximate surface area is 143 Å². The standard InChI is InChI=1S/C16H25N3O4S/c1-14-3-5-15(6-4-14)24(21,22)19-10-8-18(9-11-19)16(20)13-17-7-12-23-2/h3-6,17H,7-13H2,1-2H3/p+1. The average Bonchev–Trinajstić information content (AvgIpc) is 2.59. The van der Waals surface area contributed by atoms with Gasteiger partial charge >= 0.3 is 0 Å². The van der Waals surface area contributed by atoms with E-state index >= 15 is 0 Å². The Balaban J connectivity index is 1.87. The van der Waals surface area contributed by atoms with Gasteiger partial charge in [0.25, 0.3) is 5.91 Å². The number of ether oxygens (including phenoxy) is 1. The number of benzene rings is 1. The van der Waals surface area contributed by atoms with Gasteiger partial charge in [-0.25, -0.2) is 8.42 Å². The monoisotopic (exact) mass is 356 g/mol. The highest BCUT2D eigenvalue weighted by atomic mass is 32.2. The van der Waals surface area contributed by atoms with Gasteiger partial charge in [0.15, 0.2) is 6.54 Å². The van der Waals surface area contributed by atoms with Crippen molar-refractivity contribution in [1.82, 2.24) is 9.21 Å². The van der Waals surface area contributed by atoms with Crippen molar-refractivity contribution in [3.63, 3.8) is 0 Å². The van der Waals surface area contributed by atoms with Crippen LogP contribution in [0.2, 0.25) is 0 Å². The number of hydrogen-bond acceptors (Lipinski definition) is 4. The molecule has 0 radical (unpaired) electrons. The molecule has 1 fully saturated rings. The first-order chi connectivity index (χ1) is 11.4. The molecule has 0 bridgehead atoms. The molecule has 1 heterocycles. The van der Waals surface area contributed by atoms with Crippen LogP contribution in [-0.4, -0.2) is 76.5 Å². The number of carbonyl (C=O) groups is 1. The van der Waals surface area contributed by atoms with Gasteiger partial charge in [0, 0.05) is 33.3 Å². The summed E-state index contributed by atoms with van der Waals surface area (Å²) in [6, 6.07) is 6.85. The first kappa shape index (κ1) is 18.9. The molecule has 1 aromatic carbocycles. The molecule has 8 heteroatoms. The van der Waals surface area contributed by atoms with E-state index in [1.807, 2.05) is 12.2 Å². The van der Waals surface area contributed by atoms with Crippen molar-refractivity contribution in [3.8, 4) is 0 Å². The zero-order valence-corrected chi connectivity index (χ0v) is 15.1. The van der Waals surface area contributed by atoms with Crippen LogP contribution in [-0.2, 0) is 19.6 Å². The van der Waals surface area contributed by atoms with Crippen molar-refractivity contribution in [3.05, 3.63) is 29.8 Å². The summed E-state index contributed by atoms with van der Waals surface area (Å²) in [5.74, 6) is 0.0403. The number of piperazine rings is 1. The van der Waals surface area contributed by atoms with Gasteiger partial charge in [-0.1, -0.05) is 17.7 Å². The Hall–Kier alpha value is -1.48. The molecule has 1 aliphatic heterocycles. The summed E-state index contributed by atoms with van der Waals surface area (Å²) in [6.45, 7) is 5.17. The Morgan fingerprint density at radius 1 is 1.17 bits per heavy atom. The number of aryl methyl sites for hydroxylation is 1. The number of hydrogen-bond donors (Lipinski definition) is 1. The molecule has 1 aliphatic rings. The van der Waals surface area contributed by atoms with Crippen LogP contribution in [0.1, 0.15) is 5.56 Å². The maximum absolute atomic E-state index is 12.6. The molecule has 0 unspecified atom stereocenters. The van der Waals surface area contributed by atoms with Gasteiger partial charge in [-0.05, 0) is 19.1 Å². The highest BCUT2D eigenvalue weighted by molar-refractivity contribution is 7.89. The first-order valence-corrected chi connectivity index (χ1v) is 9.54. The Morgan fingerprint density at radius 3 is 2.38 bits per heavy atom. The van der Waals surface area contributed by atoms with E-state index in [1.165, 1.54) is 4.31 Å². The van der Waals surface area contributed by atoms with E-state index in [0.717, 1.165) is 12.1 Å². The molecule has 0 spiro atoms. The van der Waals surface area contributed by atoms with Gasteiger partial charge in [0.05, 0.1) is 18.0 Å². The molecule has 2 rings (SSSR count). The van der Waals surface area contributed by atoms with Crippen molar-refractivity contribution < 1.29 is 23.3 Å². The minimum Gasteiger partial charge on any atom is -0.379 e. The van der Waals surface area contributed by atoms with Crippen LogP contribution < -0.4 is 5.32 Å². The zero-order chi connectivity index (χ0) is 17.6. The molecular formula is C16H26N3O4S+. The van der Waals surface area contributed by atoms with E-state index in [4.69, 9.17) is 4.74 Å². The predicted octanol–water partition coefficient (Wildman–Crippen LogP) is -0.962. The summed E-state index contributed by atoms with van der Waals surface area (Å²) in [4.78, 5) is 14.1. The normalized spacial score (nSPS) is 16.3. The smallest absolute Gasteiger partial charge is 0.277 e. The van der Waals surface area contributed by atoms with Gasteiger partial charge < -0.3 is 15.0 Å². The second kappa shape index (κ2) is 8.57. The van der Waals surface area contributed by atoms with Gasteiger partial charge in [0.2, 0.25) is 10.0 Å². The third kappa shape index (κ3) is 4.76. The first-order valence-electron chi connectivity index (χ1n) is 8.10. The van der Waals surface area contributed by atoms with Crippen molar-refractivity contribution in [1.29, 1.82) is 0 Å². The van der Waals surface area contributed by atoms with Gasteiger partial charge in [0.1, 0.15) is 0 Å². The maximum Gasteiger partial charge on any atom is 0.277 e. The fourth-order valence-electron chi connectivity index (χ4n) is 2.59. The number of methoxy groups -OCH3 is 1. The summed E-state index contributed by atoms with van der Waals surface area (Å²) < 4.78 is 31.6. The third-order valence-corrected chi connectivity index (χ3v) is 6.01. The lowest BCUT2D eigenvalue weighted by Crippen LogP contribution is -2.87. The number of sulfonamides is 1. The summed E-state index contributed by atoms with van der Waals surface area (Å²) in [6.07, 6.45) is 0. The molecule has 24 heavy (non-hydrogen) atoms. The van der Waals surface area contributed by atoms with Crippen LogP contribution in [0.15, 0.2) is 29.2 Å². The van der Waals surface area contributed by atoms with Crippen LogP contribution in [0.25, 0.3) is 0 Å². The lowest BCUT2D eigenvalue weighted by Gasteiger charge is -2.33. The SMILES string of the molecule is COCC[NH2+]CC(=O)N1CCN(S(=O)(=O)c2ccc(C)cc2)CC1. The highest BCUT2D eigenvalue weighted by Gasteiger charge is 2.30. The van der Waals surface area contributed by atoms with Crippen LogP contribution >= 0.6 is 0 Å². The second-order valence-electron chi connectivity index (χ2n) is 5.87. The molecule has 7 nitrogen and oxygen atoms in total. The summed E-state index contributed by atoms with van der Waals surface area (Å²) in [5, 5.41) is 1.90. The maximum atomic E-state index is 12.6. The quantitative estimate of drug-likeness (QED) is 0.638. The molecule has 2 N–H and O–H groups in total. The zero-order valence-electron chi connectivity index (χ0n) is 14.3. The second-order valence-corrected chi connectivity index (χ2v) is 7.81. The Bertz CT molecular complexity index is 638. The number of nitrogens with zero attached hydrogens (tertiary/aromatic N) is 2. The van der Waals surface area contributed by atoms with Crippen LogP contribution in [0.4, 0.5) is 0 Å². The highest BCUT2D eigenvalue weighted by Crippen LogP contribution is 2.18. The minimum absolute atomic E-state index is 0.0403. The molecule has 1 aromatic rings. The average molecular weight is 356 g/mol. The number of nitrogens with two attached hydrogens (primary N) is 1. The summed E-state index contributed by atoms with van der Waals surface area (Å²) in [5.41, 5.74) is 1.02. The van der Waals surface area contributed by atoms with E-state index in [2.05, 4.69) is 0 Å². The van der Waals surface area contributed by atoms with Gasteiger partial charge in [-0.15, -0.1) is 0 Å². The van der Waals surface area contributed by atoms with Gasteiger partial charge in [-0.2, -0.15) is 4.31 Å². The van der Waals surface area contributed by atoms with E-state index in [1.54, 1.807) is 36.3 Å². The van der Waals surface area contributed by atoms with Crippen molar-refractivity contribution in [2.24, 2.45) is 0 Å². The summed E-state index contributed by atoms with van der Waals surface area (Å²) >= 11 is 0. The molecule has 134 valence electrons. The summed E-state index contributed by atoms with van der Waals surface area (Å²) in [7, 11) is -1.85. The number of amides is 1. The molecule has 1 amide bonds. The lowest BCUT2D eigenvalue weighted by atomic mass is 10.2. The molecule has 0 saturated carbocycles. The number of quaternary nitrogens is 1. The predicted molar refractivity (Wildman–Crippen MR) is 90.1 cm³/mol. The fourth-order valence-corrected chi connectivity index (χ4v) is 4.02. The minimum atomic E-state index is -3.48. The molecular weight excluding hydrogens is 330 g/mol. The molecule has 0 aliphatic carbocycles. The topological polar surface area (TPSA) is 83.5 Å². The van der Waals surface area contributed by atoms with E-state index in [0.29, 0.717) is 44.2 Å². The molecule has 0 atom stereocenters.